The monoisotopic (exact) mass is 250 g/mol. The van der Waals surface area contributed by atoms with Crippen LogP contribution in [0.3, 0.4) is 0 Å². The Bertz CT molecular complexity index is 429. The van der Waals surface area contributed by atoms with Crippen LogP contribution in [0, 0.1) is 0 Å². The molecule has 98 valence electrons. The highest BCUT2D eigenvalue weighted by Crippen LogP contribution is 2.24. The Morgan fingerprint density at radius 1 is 1.00 bits per heavy atom. The van der Waals surface area contributed by atoms with Crippen LogP contribution in [0.25, 0.3) is 0 Å². The molecule has 0 fully saturated rings. The van der Waals surface area contributed by atoms with E-state index in [1.54, 1.807) is 12.2 Å². The summed E-state index contributed by atoms with van der Waals surface area (Å²) in [5, 5.41) is 0. The SMILES string of the molecule is C=C(F)C(=C)C(=C)/C=C\C(=C)C(=C)CC(C)(C)F. The third-order valence-corrected chi connectivity index (χ3v) is 2.29. The molecule has 0 aliphatic carbocycles. The summed E-state index contributed by atoms with van der Waals surface area (Å²) < 4.78 is 26.2. The van der Waals surface area contributed by atoms with Gasteiger partial charge in [-0.3, -0.25) is 0 Å². The molecule has 0 aromatic heterocycles. The normalized spacial score (nSPS) is 11.3. The van der Waals surface area contributed by atoms with Crippen molar-refractivity contribution in [1.82, 2.24) is 0 Å². The topological polar surface area (TPSA) is 0 Å². The minimum absolute atomic E-state index is 0.135. The second kappa shape index (κ2) is 6.29. The molecule has 0 nitrogen and oxygen atoms in total. The lowest BCUT2D eigenvalue weighted by molar-refractivity contribution is 0.218. The first-order valence-electron chi connectivity index (χ1n) is 5.51. The Balaban J connectivity index is 4.59. The molecule has 0 heterocycles. The van der Waals surface area contributed by atoms with Crippen molar-refractivity contribution in [3.63, 3.8) is 0 Å². The van der Waals surface area contributed by atoms with Gasteiger partial charge in [0.15, 0.2) is 0 Å². The molecule has 0 bridgehead atoms. The van der Waals surface area contributed by atoms with Gasteiger partial charge in [0.2, 0.25) is 0 Å². The first-order chi connectivity index (χ1) is 8.04. The minimum atomic E-state index is -1.33. The first kappa shape index (κ1) is 16.3. The van der Waals surface area contributed by atoms with Crippen molar-refractivity contribution in [3.8, 4) is 0 Å². The Hall–Kier alpha value is -1.70. The zero-order valence-corrected chi connectivity index (χ0v) is 11.2. The van der Waals surface area contributed by atoms with Crippen molar-refractivity contribution in [1.29, 1.82) is 0 Å². The summed E-state index contributed by atoms with van der Waals surface area (Å²) in [6.07, 6.45) is 3.37. The van der Waals surface area contributed by atoms with Crippen LogP contribution in [0.1, 0.15) is 20.3 Å². The fourth-order valence-corrected chi connectivity index (χ4v) is 1.21. The molecule has 0 N–H and O–H groups in total. The lowest BCUT2D eigenvalue weighted by atomic mass is 9.95. The van der Waals surface area contributed by atoms with Crippen molar-refractivity contribution in [2.45, 2.75) is 25.9 Å². The van der Waals surface area contributed by atoms with Crippen LogP contribution in [0.2, 0.25) is 0 Å². The molecule has 0 rings (SSSR count). The van der Waals surface area contributed by atoms with Crippen LogP contribution in [-0.2, 0) is 0 Å². The second-order valence-corrected chi connectivity index (χ2v) is 4.77. The highest BCUT2D eigenvalue weighted by atomic mass is 19.1. The predicted octanol–water partition coefficient (Wildman–Crippen LogP) is 5.39. The molecule has 0 atom stereocenters. The highest BCUT2D eigenvalue weighted by molar-refractivity contribution is 5.48. The molecule has 0 aliphatic heterocycles. The van der Waals surface area contributed by atoms with E-state index in [2.05, 4.69) is 32.9 Å². The zero-order valence-electron chi connectivity index (χ0n) is 11.2. The van der Waals surface area contributed by atoms with Crippen molar-refractivity contribution in [2.24, 2.45) is 0 Å². The largest absolute Gasteiger partial charge is 0.244 e. The van der Waals surface area contributed by atoms with Crippen LogP contribution in [-0.4, -0.2) is 5.67 Å². The maximum atomic E-state index is 13.4. The van der Waals surface area contributed by atoms with Crippen LogP contribution in [0.5, 0.6) is 0 Å². The van der Waals surface area contributed by atoms with Crippen molar-refractivity contribution in [3.05, 3.63) is 73.2 Å². The maximum absolute atomic E-state index is 13.4. The number of hydrogen-bond donors (Lipinski definition) is 0. The Kier molecular flexibility index (Phi) is 5.70. The van der Waals surface area contributed by atoms with Gasteiger partial charge < -0.3 is 0 Å². The van der Waals surface area contributed by atoms with Crippen LogP contribution < -0.4 is 0 Å². The van der Waals surface area contributed by atoms with Gasteiger partial charge in [-0.25, -0.2) is 8.78 Å². The molecule has 0 saturated heterocycles. The third kappa shape index (κ3) is 6.14. The molecule has 0 unspecified atom stereocenters. The van der Waals surface area contributed by atoms with E-state index >= 15 is 0 Å². The van der Waals surface area contributed by atoms with Crippen LogP contribution >= 0.6 is 0 Å². The van der Waals surface area contributed by atoms with Gasteiger partial charge in [-0.1, -0.05) is 45.0 Å². The van der Waals surface area contributed by atoms with Gasteiger partial charge in [-0.05, 0) is 30.6 Å². The number of allylic oxidation sites excluding steroid dienone is 7. The smallest absolute Gasteiger partial charge is 0.123 e. The Morgan fingerprint density at radius 2 is 1.44 bits per heavy atom. The molecule has 0 amide bonds. The van der Waals surface area contributed by atoms with Gasteiger partial charge in [0.25, 0.3) is 0 Å². The van der Waals surface area contributed by atoms with E-state index < -0.39 is 11.5 Å². The Morgan fingerprint density at radius 3 is 1.83 bits per heavy atom. The molecule has 0 spiro atoms. The fourth-order valence-electron chi connectivity index (χ4n) is 1.21. The van der Waals surface area contributed by atoms with E-state index in [0.29, 0.717) is 16.7 Å². The summed E-state index contributed by atoms with van der Waals surface area (Å²) >= 11 is 0. The number of halogens is 2. The van der Waals surface area contributed by atoms with E-state index in [1.165, 1.54) is 13.8 Å². The molecule has 0 aliphatic rings. The molecule has 0 aromatic carbocycles. The average molecular weight is 250 g/mol. The van der Waals surface area contributed by atoms with Gasteiger partial charge >= 0.3 is 0 Å². The van der Waals surface area contributed by atoms with Crippen molar-refractivity contribution in [2.75, 3.05) is 0 Å². The van der Waals surface area contributed by atoms with E-state index in [1.807, 2.05) is 0 Å². The zero-order chi connectivity index (χ0) is 14.5. The lowest BCUT2D eigenvalue weighted by Crippen LogP contribution is -2.12. The summed E-state index contributed by atoms with van der Waals surface area (Å²) in [5.41, 5.74) is 0.378. The molecule has 2 heteroatoms. The second-order valence-electron chi connectivity index (χ2n) is 4.77. The molecular weight excluding hydrogens is 230 g/mol. The van der Waals surface area contributed by atoms with E-state index in [0.717, 1.165) is 0 Å². The van der Waals surface area contributed by atoms with Crippen molar-refractivity contribution < 1.29 is 8.78 Å². The Labute approximate surface area is 108 Å². The van der Waals surface area contributed by atoms with E-state index in [4.69, 9.17) is 0 Å². The summed E-state index contributed by atoms with van der Waals surface area (Å²) in [6.45, 7) is 20.8. The lowest BCUT2D eigenvalue weighted by Gasteiger charge is -2.15. The quantitative estimate of drug-likeness (QED) is 0.531. The molecule has 0 radical (unpaired) electrons. The summed E-state index contributed by atoms with van der Waals surface area (Å²) in [4.78, 5) is 0. The number of rotatable bonds is 7. The average Bonchev–Trinajstić information content (AvgIpc) is 2.21. The summed E-state index contributed by atoms with van der Waals surface area (Å²) in [5.74, 6) is -0.626. The van der Waals surface area contributed by atoms with Gasteiger partial charge in [-0.15, -0.1) is 0 Å². The maximum Gasteiger partial charge on any atom is 0.123 e. The number of hydrogen-bond acceptors (Lipinski definition) is 0. The van der Waals surface area contributed by atoms with Crippen LogP contribution in [0.4, 0.5) is 8.78 Å². The van der Waals surface area contributed by atoms with Gasteiger partial charge in [0, 0.05) is 12.0 Å². The molecular formula is C16H20F2. The van der Waals surface area contributed by atoms with Gasteiger partial charge in [-0.2, -0.15) is 0 Å². The highest BCUT2D eigenvalue weighted by Gasteiger charge is 2.17. The fraction of sp³-hybridized carbons (Fsp3) is 0.250. The third-order valence-electron chi connectivity index (χ3n) is 2.29. The molecule has 18 heavy (non-hydrogen) atoms. The van der Waals surface area contributed by atoms with Crippen molar-refractivity contribution >= 4 is 0 Å². The van der Waals surface area contributed by atoms with Gasteiger partial charge in [0.1, 0.15) is 11.5 Å². The number of alkyl halides is 1. The predicted molar refractivity (Wildman–Crippen MR) is 75.8 cm³/mol. The first-order valence-corrected chi connectivity index (χ1v) is 5.51. The molecule has 0 aromatic rings. The van der Waals surface area contributed by atoms with E-state index in [-0.39, 0.29) is 12.0 Å². The summed E-state index contributed by atoms with van der Waals surface area (Å²) in [6, 6.07) is 0. The van der Waals surface area contributed by atoms with Crippen LogP contribution in [0.15, 0.2) is 73.2 Å². The summed E-state index contributed by atoms with van der Waals surface area (Å²) in [7, 11) is 0. The minimum Gasteiger partial charge on any atom is -0.244 e. The van der Waals surface area contributed by atoms with Gasteiger partial charge in [0.05, 0.1) is 0 Å². The standard InChI is InChI=1S/C16H20F2/c1-11(13(3)10-16(6,7)18)8-9-12(2)14(4)15(5)17/h8-9H,1-5,10H2,6-7H3/b9-8-. The molecule has 0 saturated carbocycles. The van der Waals surface area contributed by atoms with E-state index in [9.17, 15) is 8.78 Å².